The molecule has 1 heterocycles. The number of rotatable bonds is 3. The van der Waals surface area contributed by atoms with Crippen LogP contribution in [0.2, 0.25) is 0 Å². The normalized spacial score (nSPS) is 23.2. The molecule has 1 unspecified atom stereocenters. The Morgan fingerprint density at radius 2 is 2.00 bits per heavy atom. The maximum Gasteiger partial charge on any atom is 0.0455 e. The molecule has 0 fully saturated rings. The third-order valence-electron chi connectivity index (χ3n) is 4.05. The van der Waals surface area contributed by atoms with Crippen LogP contribution in [0.15, 0.2) is 90.3 Å². The number of anilines is 1. The topological polar surface area (TPSA) is 3.24 Å². The van der Waals surface area contributed by atoms with Gasteiger partial charge in [0, 0.05) is 29.4 Å². The van der Waals surface area contributed by atoms with E-state index in [9.17, 15) is 0 Å². The van der Waals surface area contributed by atoms with Crippen molar-refractivity contribution in [2.24, 2.45) is 5.92 Å². The van der Waals surface area contributed by atoms with Crippen LogP contribution in [0, 0.1) is 5.92 Å². The van der Waals surface area contributed by atoms with Crippen molar-refractivity contribution in [1.82, 2.24) is 0 Å². The Kier molecular flexibility index (Phi) is 3.92. The molecule has 0 saturated heterocycles. The van der Waals surface area contributed by atoms with Gasteiger partial charge in [0.15, 0.2) is 0 Å². The molecule has 1 atom stereocenters. The molecule has 0 spiro atoms. The van der Waals surface area contributed by atoms with Gasteiger partial charge in [0.05, 0.1) is 0 Å². The number of hydrogen-bond donors (Lipinski definition) is 0. The Labute approximate surface area is 127 Å². The largest absolute Gasteiger partial charge is 0.317 e. The first-order valence-corrected chi connectivity index (χ1v) is 7.54. The molecule has 1 aliphatic carbocycles. The molecule has 1 aliphatic heterocycles. The Bertz CT molecular complexity index is 644. The van der Waals surface area contributed by atoms with Gasteiger partial charge in [-0.15, -0.1) is 0 Å². The average molecular weight is 275 g/mol. The second-order valence-electron chi connectivity index (χ2n) is 5.58. The summed E-state index contributed by atoms with van der Waals surface area (Å²) in [5.41, 5.74) is 5.50. The van der Waals surface area contributed by atoms with Crippen LogP contribution in [0.25, 0.3) is 0 Å². The first-order chi connectivity index (χ1) is 10.3. The molecule has 0 radical (unpaired) electrons. The maximum absolute atomic E-state index is 3.74. The fourth-order valence-electron chi connectivity index (χ4n) is 3.13. The zero-order valence-corrected chi connectivity index (χ0v) is 12.5. The molecule has 1 aromatic carbocycles. The van der Waals surface area contributed by atoms with Crippen molar-refractivity contribution in [3.05, 3.63) is 90.3 Å². The summed E-state index contributed by atoms with van der Waals surface area (Å²) in [6, 6.07) is 10.7. The van der Waals surface area contributed by atoms with Gasteiger partial charge in [-0.2, -0.15) is 0 Å². The first kappa shape index (κ1) is 13.7. The van der Waals surface area contributed by atoms with Crippen LogP contribution in [-0.2, 0) is 0 Å². The van der Waals surface area contributed by atoms with Gasteiger partial charge in [-0.3, -0.25) is 0 Å². The fraction of sp³-hybridized carbons (Fsp3) is 0.200. The molecule has 3 rings (SSSR count). The Morgan fingerprint density at radius 1 is 1.19 bits per heavy atom. The lowest BCUT2D eigenvalue weighted by atomic mass is 9.94. The smallest absolute Gasteiger partial charge is 0.0455 e. The molecule has 0 bridgehead atoms. The van der Waals surface area contributed by atoms with E-state index in [-0.39, 0.29) is 0 Å². The minimum absolute atomic E-state index is 0.569. The van der Waals surface area contributed by atoms with E-state index in [4.69, 9.17) is 0 Å². The molecule has 0 amide bonds. The summed E-state index contributed by atoms with van der Waals surface area (Å²) in [5.74, 6) is 0.569. The van der Waals surface area contributed by atoms with Crippen molar-refractivity contribution in [2.45, 2.75) is 19.8 Å². The lowest BCUT2D eigenvalue weighted by molar-refractivity contribution is 0.668. The summed E-state index contributed by atoms with van der Waals surface area (Å²) in [7, 11) is 0. The van der Waals surface area contributed by atoms with Gasteiger partial charge in [0.1, 0.15) is 0 Å². The van der Waals surface area contributed by atoms with E-state index < -0.39 is 0 Å². The van der Waals surface area contributed by atoms with E-state index in [0.29, 0.717) is 5.92 Å². The van der Waals surface area contributed by atoms with Crippen molar-refractivity contribution < 1.29 is 0 Å². The second-order valence-corrected chi connectivity index (χ2v) is 5.58. The number of allylic oxidation sites excluding steroid dienone is 8. The molecule has 0 aromatic heterocycles. The summed E-state index contributed by atoms with van der Waals surface area (Å²) >= 11 is 0. The van der Waals surface area contributed by atoms with Gasteiger partial charge >= 0.3 is 0 Å². The van der Waals surface area contributed by atoms with Crippen molar-refractivity contribution >= 4 is 5.69 Å². The fourth-order valence-corrected chi connectivity index (χ4v) is 3.13. The molecule has 0 N–H and O–H groups in total. The SMILES string of the molecule is C=C/C=C\C=C1/CC2=C(C(C)CC=C2)N1c1ccccc1. The minimum Gasteiger partial charge on any atom is -0.317 e. The Balaban J connectivity index is 2.05. The molecular weight excluding hydrogens is 254 g/mol. The van der Waals surface area contributed by atoms with E-state index in [0.717, 1.165) is 12.8 Å². The zero-order valence-electron chi connectivity index (χ0n) is 12.5. The van der Waals surface area contributed by atoms with Crippen molar-refractivity contribution in [3.63, 3.8) is 0 Å². The number of hydrogen-bond acceptors (Lipinski definition) is 1. The van der Waals surface area contributed by atoms with Crippen LogP contribution in [-0.4, -0.2) is 0 Å². The number of para-hydroxylation sites is 1. The third kappa shape index (κ3) is 2.64. The van der Waals surface area contributed by atoms with Gasteiger partial charge in [-0.1, -0.05) is 62.1 Å². The summed E-state index contributed by atoms with van der Waals surface area (Å²) in [5, 5.41) is 0. The highest BCUT2D eigenvalue weighted by molar-refractivity contribution is 5.66. The van der Waals surface area contributed by atoms with Gasteiger partial charge in [-0.25, -0.2) is 0 Å². The third-order valence-corrected chi connectivity index (χ3v) is 4.05. The van der Waals surface area contributed by atoms with E-state index in [2.05, 4.69) is 73.0 Å². The summed E-state index contributed by atoms with van der Waals surface area (Å²) in [6.45, 7) is 6.05. The predicted molar refractivity (Wildman–Crippen MR) is 90.9 cm³/mol. The van der Waals surface area contributed by atoms with Crippen molar-refractivity contribution in [3.8, 4) is 0 Å². The zero-order chi connectivity index (χ0) is 14.7. The Morgan fingerprint density at radius 3 is 2.76 bits per heavy atom. The van der Waals surface area contributed by atoms with E-state index >= 15 is 0 Å². The first-order valence-electron chi connectivity index (χ1n) is 7.54. The molecule has 1 heteroatoms. The maximum atomic E-state index is 3.74. The van der Waals surface area contributed by atoms with E-state index in [1.807, 2.05) is 12.2 Å². The molecule has 1 aromatic rings. The van der Waals surface area contributed by atoms with Gasteiger partial charge < -0.3 is 4.90 Å². The highest BCUT2D eigenvalue weighted by Gasteiger charge is 2.31. The van der Waals surface area contributed by atoms with Crippen LogP contribution in [0.4, 0.5) is 5.69 Å². The molecule has 0 saturated carbocycles. The predicted octanol–water partition coefficient (Wildman–Crippen LogP) is 5.37. The average Bonchev–Trinajstić information content (AvgIpc) is 2.88. The molecule has 106 valence electrons. The van der Waals surface area contributed by atoms with E-state index in [1.54, 1.807) is 0 Å². The highest BCUT2D eigenvalue weighted by Crippen LogP contribution is 2.43. The molecule has 21 heavy (non-hydrogen) atoms. The van der Waals surface area contributed by atoms with Crippen LogP contribution in [0.3, 0.4) is 0 Å². The quantitative estimate of drug-likeness (QED) is 0.670. The van der Waals surface area contributed by atoms with E-state index in [1.165, 1.54) is 22.7 Å². The van der Waals surface area contributed by atoms with Crippen molar-refractivity contribution in [1.29, 1.82) is 0 Å². The van der Waals surface area contributed by atoms with Crippen LogP contribution < -0.4 is 4.90 Å². The summed E-state index contributed by atoms with van der Waals surface area (Å²) in [6.07, 6.45) is 14.8. The van der Waals surface area contributed by atoms with Gasteiger partial charge in [0.25, 0.3) is 0 Å². The number of nitrogens with zero attached hydrogens (tertiary/aromatic N) is 1. The molecular formula is C20H21N. The highest BCUT2D eigenvalue weighted by atomic mass is 15.2. The molecule has 1 nitrogen and oxygen atoms in total. The van der Waals surface area contributed by atoms with Gasteiger partial charge in [0.2, 0.25) is 0 Å². The monoisotopic (exact) mass is 275 g/mol. The molecule has 2 aliphatic rings. The lowest BCUT2D eigenvalue weighted by Crippen LogP contribution is -2.22. The Hall–Kier alpha value is -2.28. The standard InChI is InChI=1S/C20H21N/c1-3-4-6-14-19-15-17-11-9-10-16(2)20(17)21(19)18-12-7-5-8-13-18/h3-9,11-14,16H,1,10,15H2,2H3/b6-4-,19-14+. The van der Waals surface area contributed by atoms with Gasteiger partial charge in [-0.05, 0) is 30.2 Å². The lowest BCUT2D eigenvalue weighted by Gasteiger charge is -2.29. The van der Waals surface area contributed by atoms with Crippen LogP contribution >= 0.6 is 0 Å². The summed E-state index contributed by atoms with van der Waals surface area (Å²) in [4.78, 5) is 2.43. The number of benzene rings is 1. The van der Waals surface area contributed by atoms with Crippen molar-refractivity contribution in [2.75, 3.05) is 4.90 Å². The second kappa shape index (κ2) is 6.01. The summed E-state index contributed by atoms with van der Waals surface area (Å²) < 4.78 is 0. The minimum atomic E-state index is 0.569. The van der Waals surface area contributed by atoms with Crippen LogP contribution in [0.5, 0.6) is 0 Å². The van der Waals surface area contributed by atoms with Crippen LogP contribution in [0.1, 0.15) is 19.8 Å².